The van der Waals surface area contributed by atoms with E-state index in [4.69, 9.17) is 10.5 Å². The van der Waals surface area contributed by atoms with Crippen LogP contribution in [0, 0.1) is 0 Å². The van der Waals surface area contributed by atoms with Gasteiger partial charge in [0.1, 0.15) is 5.75 Å². The van der Waals surface area contributed by atoms with Gasteiger partial charge in [0.25, 0.3) is 0 Å². The summed E-state index contributed by atoms with van der Waals surface area (Å²) in [6, 6.07) is 15.1. The molecule has 4 heteroatoms. The zero-order chi connectivity index (χ0) is 13.7. The third-order valence-electron chi connectivity index (χ3n) is 2.86. The van der Waals surface area contributed by atoms with Crippen molar-refractivity contribution in [3.8, 4) is 5.75 Å². The Hall–Kier alpha value is -1.81. The van der Waals surface area contributed by atoms with Gasteiger partial charge in [-0.05, 0) is 42.3 Å². The molecule has 0 saturated carbocycles. The minimum Gasteiger partial charge on any atom is -0.497 e. The molecular weight excluding hydrogens is 258 g/mol. The van der Waals surface area contributed by atoms with Crippen LogP contribution in [0.2, 0.25) is 0 Å². The van der Waals surface area contributed by atoms with Crippen molar-refractivity contribution in [2.24, 2.45) is 0 Å². The molecule has 0 aromatic heterocycles. The zero-order valence-electron chi connectivity index (χ0n) is 10.8. The average molecular weight is 275 g/mol. The van der Waals surface area contributed by atoms with Crippen LogP contribution in [0.25, 0.3) is 0 Å². The number of ether oxygens (including phenoxy) is 1. The lowest BCUT2D eigenvalue weighted by Gasteiger charge is -2.05. The summed E-state index contributed by atoms with van der Waals surface area (Å²) < 4.78 is 17.2. The summed E-state index contributed by atoms with van der Waals surface area (Å²) in [5, 5.41) is 0. The van der Waals surface area contributed by atoms with Gasteiger partial charge < -0.3 is 10.5 Å². The van der Waals surface area contributed by atoms with Gasteiger partial charge in [0, 0.05) is 16.3 Å². The van der Waals surface area contributed by atoms with E-state index in [9.17, 15) is 4.21 Å². The molecule has 0 saturated heterocycles. The van der Waals surface area contributed by atoms with E-state index in [-0.39, 0.29) is 0 Å². The van der Waals surface area contributed by atoms with Crippen LogP contribution < -0.4 is 10.5 Å². The Kier molecular flexibility index (Phi) is 4.58. The van der Waals surface area contributed by atoms with Crippen molar-refractivity contribution in [1.82, 2.24) is 0 Å². The van der Waals surface area contributed by atoms with Crippen molar-refractivity contribution in [3.63, 3.8) is 0 Å². The molecule has 0 fully saturated rings. The van der Waals surface area contributed by atoms with Crippen LogP contribution in [-0.4, -0.2) is 17.1 Å². The third kappa shape index (κ3) is 3.83. The predicted octanol–water partition coefficient (Wildman–Crippen LogP) is 2.63. The van der Waals surface area contributed by atoms with E-state index in [0.717, 1.165) is 22.6 Å². The van der Waals surface area contributed by atoms with Gasteiger partial charge >= 0.3 is 0 Å². The smallest absolute Gasteiger partial charge is 0.118 e. The van der Waals surface area contributed by atoms with E-state index in [1.165, 1.54) is 0 Å². The van der Waals surface area contributed by atoms with Gasteiger partial charge in [-0.15, -0.1) is 0 Å². The van der Waals surface area contributed by atoms with Gasteiger partial charge in [-0.2, -0.15) is 0 Å². The van der Waals surface area contributed by atoms with E-state index in [1.807, 2.05) is 36.4 Å². The van der Waals surface area contributed by atoms with Crippen molar-refractivity contribution in [1.29, 1.82) is 0 Å². The Morgan fingerprint density at radius 3 is 2.53 bits per heavy atom. The number of hydrogen-bond donors (Lipinski definition) is 1. The highest BCUT2D eigenvalue weighted by atomic mass is 32.2. The Balaban J connectivity index is 1.96. The van der Waals surface area contributed by atoms with Gasteiger partial charge in [0.2, 0.25) is 0 Å². The van der Waals surface area contributed by atoms with Crippen LogP contribution >= 0.6 is 0 Å². The van der Waals surface area contributed by atoms with Crippen molar-refractivity contribution in [2.75, 3.05) is 18.6 Å². The quantitative estimate of drug-likeness (QED) is 0.853. The molecule has 0 aliphatic rings. The van der Waals surface area contributed by atoms with Gasteiger partial charge in [-0.1, -0.05) is 18.2 Å². The highest BCUT2D eigenvalue weighted by Gasteiger charge is 2.04. The number of anilines is 1. The van der Waals surface area contributed by atoms with Crippen LogP contribution in [0.5, 0.6) is 5.75 Å². The first-order valence-electron chi connectivity index (χ1n) is 6.06. The number of nitrogens with two attached hydrogens (primary N) is 1. The van der Waals surface area contributed by atoms with Crippen LogP contribution in [-0.2, 0) is 17.2 Å². The fourth-order valence-electron chi connectivity index (χ4n) is 1.78. The molecule has 2 aromatic carbocycles. The number of benzene rings is 2. The first-order valence-corrected chi connectivity index (χ1v) is 7.38. The maximum Gasteiger partial charge on any atom is 0.118 e. The highest BCUT2D eigenvalue weighted by molar-refractivity contribution is 7.85. The molecule has 19 heavy (non-hydrogen) atoms. The Morgan fingerprint density at radius 1 is 1.16 bits per heavy atom. The first kappa shape index (κ1) is 13.6. The lowest BCUT2D eigenvalue weighted by molar-refractivity contribution is 0.414. The monoisotopic (exact) mass is 275 g/mol. The molecule has 100 valence electrons. The summed E-state index contributed by atoms with van der Waals surface area (Å²) in [6.07, 6.45) is 0.769. The molecule has 2 N–H and O–H groups in total. The molecule has 0 amide bonds. The molecule has 3 nitrogen and oxygen atoms in total. The van der Waals surface area contributed by atoms with E-state index < -0.39 is 10.8 Å². The SMILES string of the molecule is COc1ccc(CCS(=O)c2cccc(N)c2)cc1. The molecule has 0 radical (unpaired) electrons. The predicted molar refractivity (Wildman–Crippen MR) is 78.8 cm³/mol. The summed E-state index contributed by atoms with van der Waals surface area (Å²) >= 11 is 0. The zero-order valence-corrected chi connectivity index (χ0v) is 11.7. The minimum atomic E-state index is -1.01. The highest BCUT2D eigenvalue weighted by Crippen LogP contribution is 2.15. The summed E-state index contributed by atoms with van der Waals surface area (Å²) in [4.78, 5) is 0.786. The van der Waals surface area contributed by atoms with Crippen molar-refractivity contribution in [3.05, 3.63) is 54.1 Å². The van der Waals surface area contributed by atoms with E-state index in [1.54, 1.807) is 19.2 Å². The molecule has 0 heterocycles. The minimum absolute atomic E-state index is 0.593. The van der Waals surface area contributed by atoms with Gasteiger partial charge in [-0.25, -0.2) is 0 Å². The molecule has 0 spiro atoms. The lowest BCUT2D eigenvalue weighted by Crippen LogP contribution is -2.02. The normalized spacial score (nSPS) is 12.1. The number of aryl methyl sites for hydroxylation is 1. The molecular formula is C15H17NO2S. The number of methoxy groups -OCH3 is 1. The van der Waals surface area contributed by atoms with Crippen molar-refractivity contribution < 1.29 is 8.95 Å². The second-order valence-corrected chi connectivity index (χ2v) is 5.79. The van der Waals surface area contributed by atoms with Crippen LogP contribution in [0.4, 0.5) is 5.69 Å². The standard InChI is InChI=1S/C15H17NO2S/c1-18-14-7-5-12(6-8-14)9-10-19(17)15-4-2-3-13(16)11-15/h2-8,11H,9-10,16H2,1H3. The van der Waals surface area contributed by atoms with Crippen LogP contribution in [0.15, 0.2) is 53.4 Å². The second kappa shape index (κ2) is 6.38. The van der Waals surface area contributed by atoms with Crippen LogP contribution in [0.1, 0.15) is 5.56 Å². The summed E-state index contributed by atoms with van der Waals surface area (Å²) in [5.41, 5.74) is 7.49. The fourth-order valence-corrected chi connectivity index (χ4v) is 2.93. The fraction of sp³-hybridized carbons (Fsp3) is 0.200. The second-order valence-electron chi connectivity index (χ2n) is 4.22. The van der Waals surface area contributed by atoms with Crippen molar-refractivity contribution in [2.45, 2.75) is 11.3 Å². The Bertz CT molecular complexity index is 567. The van der Waals surface area contributed by atoms with Gasteiger partial charge in [0.05, 0.1) is 17.9 Å². The summed E-state index contributed by atoms with van der Waals surface area (Å²) in [6.45, 7) is 0. The van der Waals surface area contributed by atoms with E-state index >= 15 is 0 Å². The summed E-state index contributed by atoms with van der Waals surface area (Å²) in [5.74, 6) is 1.43. The summed E-state index contributed by atoms with van der Waals surface area (Å²) in [7, 11) is 0.630. The molecule has 0 bridgehead atoms. The van der Waals surface area contributed by atoms with E-state index in [0.29, 0.717) is 11.4 Å². The van der Waals surface area contributed by atoms with Crippen molar-refractivity contribution >= 4 is 16.5 Å². The molecule has 2 aromatic rings. The van der Waals surface area contributed by atoms with E-state index in [2.05, 4.69) is 0 Å². The van der Waals surface area contributed by atoms with Gasteiger partial charge in [0.15, 0.2) is 0 Å². The largest absolute Gasteiger partial charge is 0.497 e. The number of nitrogen functional groups attached to an aromatic ring is 1. The number of hydrogen-bond acceptors (Lipinski definition) is 3. The molecule has 0 aliphatic heterocycles. The van der Waals surface area contributed by atoms with Crippen LogP contribution in [0.3, 0.4) is 0 Å². The molecule has 0 aliphatic carbocycles. The number of rotatable bonds is 5. The third-order valence-corrected chi connectivity index (χ3v) is 4.21. The molecule has 2 rings (SSSR count). The molecule has 1 unspecified atom stereocenters. The first-order chi connectivity index (χ1) is 9.19. The molecule has 1 atom stereocenters. The maximum atomic E-state index is 12.1. The lowest BCUT2D eigenvalue weighted by atomic mass is 10.2. The topological polar surface area (TPSA) is 52.3 Å². The average Bonchev–Trinajstić information content (AvgIpc) is 2.45. The Morgan fingerprint density at radius 2 is 1.89 bits per heavy atom. The Labute approximate surface area is 115 Å². The maximum absolute atomic E-state index is 12.1. The van der Waals surface area contributed by atoms with Gasteiger partial charge in [-0.3, -0.25) is 4.21 Å².